The molecule has 1 aliphatic rings. The minimum atomic E-state index is -2.62. The van der Waals surface area contributed by atoms with Crippen LogP contribution in [0, 0.1) is 0 Å². The van der Waals surface area contributed by atoms with Crippen LogP contribution >= 0.6 is 0 Å². The molecule has 0 aromatic carbocycles. The molecule has 0 radical (unpaired) electrons. The molecule has 0 amide bonds. The third kappa shape index (κ3) is 3.97. The normalized spacial score (nSPS) is 38.6. The molecule has 1 heterocycles. The van der Waals surface area contributed by atoms with Crippen LogP contribution in [0.25, 0.3) is 0 Å². The summed E-state index contributed by atoms with van der Waals surface area (Å²) in [5.74, 6) is 0. The van der Waals surface area contributed by atoms with E-state index in [4.69, 9.17) is 14.9 Å². The molecule has 0 bridgehead atoms. The van der Waals surface area contributed by atoms with E-state index in [1.807, 2.05) is 0 Å². The summed E-state index contributed by atoms with van der Waals surface area (Å²) >= 11 is 0. The number of ether oxygens (including phenoxy) is 1. The molecule has 11 heteroatoms. The summed E-state index contributed by atoms with van der Waals surface area (Å²) < 4.78 is 4.89. The minimum Gasteiger partial charge on any atom is -0.394 e. The van der Waals surface area contributed by atoms with E-state index in [-0.39, 0.29) is 0 Å². The van der Waals surface area contributed by atoms with Crippen LogP contribution in [0.2, 0.25) is 0 Å². The van der Waals surface area contributed by atoms with Crippen LogP contribution in [-0.4, -0.2) is 125 Å². The van der Waals surface area contributed by atoms with Gasteiger partial charge in [-0.1, -0.05) is 0 Å². The third-order valence-corrected chi connectivity index (χ3v) is 4.04. The molecule has 0 aliphatic carbocycles. The second-order valence-corrected chi connectivity index (χ2v) is 5.63. The van der Waals surface area contributed by atoms with Gasteiger partial charge < -0.3 is 55.8 Å². The van der Waals surface area contributed by atoms with Gasteiger partial charge in [0.25, 0.3) is 0 Å². The first-order valence-corrected chi connectivity index (χ1v) is 6.94. The first-order chi connectivity index (χ1) is 10.6. The van der Waals surface area contributed by atoms with Crippen LogP contribution in [0.4, 0.5) is 0 Å². The van der Waals surface area contributed by atoms with Crippen LogP contribution in [0.3, 0.4) is 0 Å². The van der Waals surface area contributed by atoms with Gasteiger partial charge in [0.15, 0.2) is 0 Å². The van der Waals surface area contributed by atoms with E-state index >= 15 is 0 Å². The van der Waals surface area contributed by atoms with Crippen LogP contribution < -0.4 is 0 Å². The largest absolute Gasteiger partial charge is 0.394 e. The summed E-state index contributed by atoms with van der Waals surface area (Å²) in [6.45, 7) is -2.40. The molecular weight excluding hydrogens is 320 g/mol. The summed E-state index contributed by atoms with van der Waals surface area (Å²) in [4.78, 5) is 0. The molecule has 138 valence electrons. The Morgan fingerprint density at radius 1 is 0.957 bits per heavy atom. The van der Waals surface area contributed by atoms with E-state index in [1.54, 1.807) is 0 Å². The maximum Gasteiger partial charge on any atom is 0.145 e. The fraction of sp³-hybridized carbons (Fsp3) is 1.00. The van der Waals surface area contributed by atoms with Crippen molar-refractivity contribution in [3.63, 3.8) is 0 Å². The molecule has 1 rings (SSSR count). The molecule has 1 saturated heterocycles. The molecule has 1 aliphatic heterocycles. The van der Waals surface area contributed by atoms with Crippen molar-refractivity contribution in [2.24, 2.45) is 0 Å². The van der Waals surface area contributed by atoms with Crippen LogP contribution in [0.15, 0.2) is 0 Å². The second kappa shape index (κ2) is 8.09. The zero-order valence-corrected chi connectivity index (χ0v) is 12.1. The number of hydrogen-bond acceptors (Lipinski definition) is 11. The number of aliphatic hydroxyl groups is 10. The fourth-order valence-electron chi connectivity index (χ4n) is 2.36. The first kappa shape index (κ1) is 20.6. The maximum atomic E-state index is 10.3. The Morgan fingerprint density at radius 3 is 2.00 bits per heavy atom. The summed E-state index contributed by atoms with van der Waals surface area (Å²) in [6.07, 6.45) is -15.6. The standard InChI is InChI=1S/C12H24O11/c13-1-4(15)6(16)8(18)9(19)11(21)12(22)3-23-5(2-14)7(17)10(12)20/h4-11,13-22H,1-3H2/t4-,5-,6-,7-,8+,9+,10+,11?,12?/m1/s1. The SMILES string of the molecule is OC[C@@H](O)[C@@H](O)[C@H](O)[C@H](O)C(O)C1(O)CO[C@H](CO)[C@@H](O)[C@@H]1O. The zero-order valence-electron chi connectivity index (χ0n) is 12.1. The topological polar surface area (TPSA) is 212 Å². The molecule has 0 aromatic rings. The summed E-state index contributed by atoms with van der Waals surface area (Å²) in [5, 5.41) is 95.7. The van der Waals surface area contributed by atoms with Gasteiger partial charge in [0.2, 0.25) is 0 Å². The Bertz CT molecular complexity index is 369. The Labute approximate surface area is 131 Å². The van der Waals surface area contributed by atoms with E-state index < -0.39 is 74.3 Å². The van der Waals surface area contributed by atoms with E-state index in [0.29, 0.717) is 0 Å². The average Bonchev–Trinajstić information content (AvgIpc) is 2.56. The average molecular weight is 344 g/mol. The Kier molecular flexibility index (Phi) is 7.25. The predicted molar refractivity (Wildman–Crippen MR) is 70.9 cm³/mol. The lowest BCUT2D eigenvalue weighted by Gasteiger charge is -2.46. The predicted octanol–water partition coefficient (Wildman–Crippen LogP) is -6.37. The van der Waals surface area contributed by atoms with Crippen molar-refractivity contribution in [3.8, 4) is 0 Å². The molecule has 11 nitrogen and oxygen atoms in total. The maximum absolute atomic E-state index is 10.3. The van der Waals surface area contributed by atoms with Crippen molar-refractivity contribution in [2.45, 2.75) is 54.4 Å². The number of hydrogen-bond donors (Lipinski definition) is 10. The first-order valence-electron chi connectivity index (χ1n) is 6.94. The highest BCUT2D eigenvalue weighted by Gasteiger charge is 2.55. The Morgan fingerprint density at radius 2 is 1.52 bits per heavy atom. The van der Waals surface area contributed by atoms with Crippen LogP contribution in [-0.2, 0) is 4.74 Å². The number of rotatable bonds is 7. The van der Waals surface area contributed by atoms with Gasteiger partial charge in [0, 0.05) is 0 Å². The molecule has 0 aromatic heterocycles. The zero-order chi connectivity index (χ0) is 17.9. The molecule has 0 spiro atoms. The monoisotopic (exact) mass is 344 g/mol. The molecule has 2 unspecified atom stereocenters. The lowest BCUT2D eigenvalue weighted by Crippen LogP contribution is -2.70. The van der Waals surface area contributed by atoms with Gasteiger partial charge in [-0.15, -0.1) is 0 Å². The van der Waals surface area contributed by atoms with Crippen molar-refractivity contribution in [2.75, 3.05) is 19.8 Å². The summed E-state index contributed by atoms with van der Waals surface area (Å²) in [5.41, 5.74) is -2.62. The van der Waals surface area contributed by atoms with E-state index in [9.17, 15) is 40.9 Å². The summed E-state index contributed by atoms with van der Waals surface area (Å²) in [7, 11) is 0. The number of aliphatic hydroxyl groups excluding tert-OH is 9. The van der Waals surface area contributed by atoms with E-state index in [0.717, 1.165) is 0 Å². The van der Waals surface area contributed by atoms with Gasteiger partial charge in [-0.25, -0.2) is 0 Å². The van der Waals surface area contributed by atoms with Gasteiger partial charge >= 0.3 is 0 Å². The van der Waals surface area contributed by atoms with Crippen molar-refractivity contribution in [3.05, 3.63) is 0 Å². The Hall–Kier alpha value is -0.440. The quantitative estimate of drug-likeness (QED) is 0.210. The van der Waals surface area contributed by atoms with Gasteiger partial charge in [-0.3, -0.25) is 0 Å². The van der Waals surface area contributed by atoms with Crippen molar-refractivity contribution < 1.29 is 55.8 Å². The van der Waals surface area contributed by atoms with Crippen LogP contribution in [0.5, 0.6) is 0 Å². The van der Waals surface area contributed by atoms with Crippen molar-refractivity contribution in [1.82, 2.24) is 0 Å². The Balaban J connectivity index is 2.87. The lowest BCUT2D eigenvalue weighted by molar-refractivity contribution is -0.285. The van der Waals surface area contributed by atoms with E-state index in [1.165, 1.54) is 0 Å². The van der Waals surface area contributed by atoms with Gasteiger partial charge in [0.05, 0.1) is 19.8 Å². The molecule has 1 fully saturated rings. The second-order valence-electron chi connectivity index (χ2n) is 5.63. The van der Waals surface area contributed by atoms with E-state index in [2.05, 4.69) is 0 Å². The third-order valence-electron chi connectivity index (χ3n) is 4.04. The molecule has 0 saturated carbocycles. The lowest BCUT2D eigenvalue weighted by atomic mass is 9.79. The van der Waals surface area contributed by atoms with Crippen LogP contribution in [0.1, 0.15) is 0 Å². The minimum absolute atomic E-state index is 0.670. The molecular formula is C12H24O11. The fourth-order valence-corrected chi connectivity index (χ4v) is 2.36. The highest BCUT2D eigenvalue weighted by atomic mass is 16.5. The molecule has 9 atom stereocenters. The highest BCUT2D eigenvalue weighted by molar-refractivity contribution is 5.05. The van der Waals surface area contributed by atoms with Crippen molar-refractivity contribution in [1.29, 1.82) is 0 Å². The summed E-state index contributed by atoms with van der Waals surface area (Å²) in [6, 6.07) is 0. The smallest absolute Gasteiger partial charge is 0.145 e. The van der Waals surface area contributed by atoms with Gasteiger partial charge in [0.1, 0.15) is 54.4 Å². The van der Waals surface area contributed by atoms with Gasteiger partial charge in [-0.05, 0) is 0 Å². The van der Waals surface area contributed by atoms with Crippen molar-refractivity contribution >= 4 is 0 Å². The van der Waals surface area contributed by atoms with Gasteiger partial charge in [-0.2, -0.15) is 0 Å². The molecule has 10 N–H and O–H groups in total. The molecule has 23 heavy (non-hydrogen) atoms. The highest BCUT2D eigenvalue weighted by Crippen LogP contribution is 2.30.